The summed E-state index contributed by atoms with van der Waals surface area (Å²) in [6, 6.07) is 15.0. The molecule has 0 amide bonds. The minimum absolute atomic E-state index is 0.173. The van der Waals surface area contributed by atoms with Crippen molar-refractivity contribution in [2.24, 2.45) is 5.92 Å². The first-order valence-electron chi connectivity index (χ1n) is 14.2. The van der Waals surface area contributed by atoms with Gasteiger partial charge in [-0.05, 0) is 72.4 Å². The number of carbonyl (C=O) groups is 3. The second kappa shape index (κ2) is 13.0. The Hall–Kier alpha value is -3.87. The second-order valence-electron chi connectivity index (χ2n) is 11.2. The first-order valence-corrected chi connectivity index (χ1v) is 14.2. The Morgan fingerprint density at radius 1 is 0.950 bits per heavy atom. The number of esters is 2. The SMILES string of the molecule is CCCCCC1CCC(c2ccc(/C=C(/C(=O)O)c3ccc(NC=C4C(=O)OC(C)(C)OC4=O)cc3)cc2)CC1. The highest BCUT2D eigenvalue weighted by Crippen LogP contribution is 2.38. The summed E-state index contributed by atoms with van der Waals surface area (Å²) < 4.78 is 10.2. The molecule has 1 aliphatic heterocycles. The maximum absolute atomic E-state index is 12.1. The smallest absolute Gasteiger partial charge is 0.350 e. The van der Waals surface area contributed by atoms with Crippen molar-refractivity contribution in [2.75, 3.05) is 5.32 Å². The first-order chi connectivity index (χ1) is 19.1. The highest BCUT2D eigenvalue weighted by Gasteiger charge is 2.39. The van der Waals surface area contributed by atoms with Crippen molar-refractivity contribution in [1.29, 1.82) is 0 Å². The highest BCUT2D eigenvalue weighted by molar-refractivity contribution is 6.20. The van der Waals surface area contributed by atoms with Gasteiger partial charge in [0.05, 0.1) is 5.57 Å². The van der Waals surface area contributed by atoms with E-state index >= 15 is 0 Å². The van der Waals surface area contributed by atoms with Gasteiger partial charge in [-0.2, -0.15) is 0 Å². The molecule has 1 heterocycles. The Morgan fingerprint density at radius 2 is 1.57 bits per heavy atom. The summed E-state index contributed by atoms with van der Waals surface area (Å²) in [7, 11) is 0. The molecule has 0 bridgehead atoms. The van der Waals surface area contributed by atoms with Gasteiger partial charge in [0, 0.05) is 25.7 Å². The van der Waals surface area contributed by atoms with Crippen LogP contribution in [0, 0.1) is 5.92 Å². The molecule has 0 radical (unpaired) electrons. The summed E-state index contributed by atoms with van der Waals surface area (Å²) in [5, 5.41) is 12.8. The molecule has 2 fully saturated rings. The van der Waals surface area contributed by atoms with Gasteiger partial charge in [0.1, 0.15) is 0 Å². The van der Waals surface area contributed by atoms with Crippen LogP contribution in [0.2, 0.25) is 0 Å². The van der Waals surface area contributed by atoms with Crippen molar-refractivity contribution in [3.63, 3.8) is 0 Å². The molecule has 40 heavy (non-hydrogen) atoms. The lowest BCUT2D eigenvalue weighted by atomic mass is 9.77. The number of nitrogens with one attached hydrogen (secondary N) is 1. The Morgan fingerprint density at radius 3 is 2.15 bits per heavy atom. The number of anilines is 1. The van der Waals surface area contributed by atoms with Gasteiger partial charge in [-0.3, -0.25) is 0 Å². The monoisotopic (exact) mass is 545 g/mol. The molecule has 0 spiro atoms. The molecule has 7 nitrogen and oxygen atoms in total. The number of hydrogen-bond acceptors (Lipinski definition) is 6. The van der Waals surface area contributed by atoms with Gasteiger partial charge in [0.2, 0.25) is 0 Å². The number of unbranched alkanes of at least 4 members (excludes halogenated alkanes) is 2. The number of aliphatic carboxylic acids is 1. The zero-order valence-corrected chi connectivity index (χ0v) is 23.6. The average molecular weight is 546 g/mol. The van der Waals surface area contributed by atoms with Crippen molar-refractivity contribution in [1.82, 2.24) is 0 Å². The summed E-state index contributed by atoms with van der Waals surface area (Å²) in [6.07, 6.45) is 13.3. The third-order valence-electron chi connectivity index (χ3n) is 7.71. The molecule has 2 aromatic carbocycles. The summed E-state index contributed by atoms with van der Waals surface area (Å²) in [5.41, 5.74) is 3.19. The van der Waals surface area contributed by atoms with E-state index < -0.39 is 23.7 Å². The van der Waals surface area contributed by atoms with E-state index in [-0.39, 0.29) is 11.1 Å². The summed E-state index contributed by atoms with van der Waals surface area (Å²) >= 11 is 0. The summed E-state index contributed by atoms with van der Waals surface area (Å²) in [5.74, 6) is -2.43. The molecule has 0 aromatic heterocycles. The molecular formula is C33H39NO6. The molecule has 212 valence electrons. The van der Waals surface area contributed by atoms with Gasteiger partial charge in [0.15, 0.2) is 5.57 Å². The number of carboxylic acid groups (broad SMARTS) is 1. The minimum atomic E-state index is -1.31. The van der Waals surface area contributed by atoms with Crippen LogP contribution in [-0.2, 0) is 23.9 Å². The van der Waals surface area contributed by atoms with Crippen LogP contribution in [0.3, 0.4) is 0 Å². The molecule has 4 rings (SSSR count). The van der Waals surface area contributed by atoms with Crippen LogP contribution in [-0.4, -0.2) is 28.8 Å². The molecule has 1 saturated heterocycles. The third kappa shape index (κ3) is 7.62. The number of carbonyl (C=O) groups excluding carboxylic acids is 2. The van der Waals surface area contributed by atoms with E-state index in [2.05, 4.69) is 24.4 Å². The fourth-order valence-corrected chi connectivity index (χ4v) is 5.45. The van der Waals surface area contributed by atoms with Gasteiger partial charge < -0.3 is 19.9 Å². The van der Waals surface area contributed by atoms with Crippen LogP contribution in [0.1, 0.15) is 94.7 Å². The van der Waals surface area contributed by atoms with Crippen molar-refractivity contribution in [2.45, 2.75) is 83.8 Å². The normalized spacial score (nSPS) is 20.9. The van der Waals surface area contributed by atoms with Gasteiger partial charge >= 0.3 is 17.9 Å². The van der Waals surface area contributed by atoms with Gasteiger partial charge in [-0.1, -0.05) is 69.0 Å². The number of rotatable bonds is 10. The van der Waals surface area contributed by atoms with Crippen LogP contribution in [0.5, 0.6) is 0 Å². The van der Waals surface area contributed by atoms with Crippen molar-refractivity contribution in [3.8, 4) is 0 Å². The Kier molecular flexibility index (Phi) is 9.46. The predicted octanol–water partition coefficient (Wildman–Crippen LogP) is 7.30. The largest absolute Gasteiger partial charge is 0.478 e. The quantitative estimate of drug-likeness (QED) is 0.106. The van der Waals surface area contributed by atoms with Gasteiger partial charge in [0.25, 0.3) is 5.79 Å². The molecule has 7 heteroatoms. The number of carboxylic acids is 1. The van der Waals surface area contributed by atoms with E-state index in [1.54, 1.807) is 30.3 Å². The van der Waals surface area contributed by atoms with E-state index in [0.717, 1.165) is 11.5 Å². The van der Waals surface area contributed by atoms with E-state index in [9.17, 15) is 19.5 Å². The maximum Gasteiger partial charge on any atom is 0.350 e. The second-order valence-corrected chi connectivity index (χ2v) is 11.2. The van der Waals surface area contributed by atoms with Crippen LogP contribution in [0.4, 0.5) is 5.69 Å². The third-order valence-corrected chi connectivity index (χ3v) is 7.71. The fraction of sp³-hybridized carbons (Fsp3) is 0.424. The summed E-state index contributed by atoms with van der Waals surface area (Å²) in [4.78, 5) is 36.3. The molecular weight excluding hydrogens is 506 g/mol. The Labute approximate surface area is 236 Å². The zero-order valence-electron chi connectivity index (χ0n) is 23.6. The first kappa shape index (κ1) is 29.1. The van der Waals surface area contributed by atoms with Crippen LogP contribution in [0.15, 0.2) is 60.3 Å². The lowest BCUT2D eigenvalue weighted by molar-refractivity contribution is -0.222. The lowest BCUT2D eigenvalue weighted by Crippen LogP contribution is -2.42. The Bertz CT molecular complexity index is 1240. The van der Waals surface area contributed by atoms with Gasteiger partial charge in [-0.15, -0.1) is 0 Å². The maximum atomic E-state index is 12.1. The molecule has 1 saturated carbocycles. The van der Waals surface area contributed by atoms with E-state index in [0.29, 0.717) is 17.2 Å². The number of benzene rings is 2. The number of ether oxygens (including phenoxy) is 2. The summed E-state index contributed by atoms with van der Waals surface area (Å²) in [6.45, 7) is 5.21. The molecule has 2 N–H and O–H groups in total. The van der Waals surface area contributed by atoms with Gasteiger partial charge in [-0.25, -0.2) is 14.4 Å². The molecule has 0 unspecified atom stereocenters. The van der Waals surface area contributed by atoms with E-state index in [4.69, 9.17) is 9.47 Å². The number of cyclic esters (lactones) is 2. The van der Waals surface area contributed by atoms with Crippen LogP contribution in [0.25, 0.3) is 11.6 Å². The predicted molar refractivity (Wildman–Crippen MR) is 155 cm³/mol. The standard InChI is InChI=1S/C33H39NO6/c1-4-5-6-7-22-8-12-24(13-9-22)25-14-10-23(11-15-25)20-28(30(35)36)26-16-18-27(19-17-26)34-21-29-31(37)39-33(2,3)40-32(29)38/h10-11,14-22,24,34H,4-9,12-13H2,1-3H3,(H,35,36)/b28-20+. The lowest BCUT2D eigenvalue weighted by Gasteiger charge is -2.29. The van der Waals surface area contributed by atoms with Crippen molar-refractivity contribution >= 4 is 35.2 Å². The Balaban J connectivity index is 1.39. The molecule has 2 aliphatic rings. The molecule has 2 aromatic rings. The molecule has 1 aliphatic carbocycles. The zero-order chi connectivity index (χ0) is 28.7. The molecule has 0 atom stereocenters. The van der Waals surface area contributed by atoms with E-state index in [1.807, 2.05) is 12.1 Å². The minimum Gasteiger partial charge on any atom is -0.478 e. The van der Waals surface area contributed by atoms with Crippen LogP contribution >= 0.6 is 0 Å². The highest BCUT2D eigenvalue weighted by atomic mass is 16.7. The van der Waals surface area contributed by atoms with Crippen molar-refractivity contribution in [3.05, 3.63) is 77.0 Å². The van der Waals surface area contributed by atoms with Crippen molar-refractivity contribution < 1.29 is 29.0 Å². The fourth-order valence-electron chi connectivity index (χ4n) is 5.45. The van der Waals surface area contributed by atoms with Crippen LogP contribution < -0.4 is 5.32 Å². The number of hydrogen-bond donors (Lipinski definition) is 2. The van der Waals surface area contributed by atoms with E-state index in [1.165, 1.54) is 77.0 Å². The average Bonchev–Trinajstić information content (AvgIpc) is 2.92. The topological polar surface area (TPSA) is 102 Å².